The normalized spacial score (nSPS) is 11.9. The average molecular weight is 241 g/mol. The molecule has 0 unspecified atom stereocenters. The van der Waals surface area contributed by atoms with Crippen molar-refractivity contribution in [2.75, 3.05) is 12.8 Å². The lowest BCUT2D eigenvalue weighted by Crippen LogP contribution is -2.22. The molecule has 0 spiro atoms. The first-order valence-corrected chi connectivity index (χ1v) is 6.48. The van der Waals surface area contributed by atoms with Crippen molar-refractivity contribution in [3.63, 3.8) is 0 Å². The molecular weight excluding hydrogens is 226 g/mol. The zero-order valence-electron chi connectivity index (χ0n) is 9.36. The minimum atomic E-state index is -0.917. The molecule has 1 amide bonds. The number of benzene rings is 1. The van der Waals surface area contributed by atoms with Crippen molar-refractivity contribution < 1.29 is 13.7 Å². The zero-order chi connectivity index (χ0) is 12.0. The summed E-state index contributed by atoms with van der Waals surface area (Å²) < 4.78 is 16.5. The van der Waals surface area contributed by atoms with E-state index in [2.05, 4.69) is 5.32 Å². The lowest BCUT2D eigenvalue weighted by atomic mass is 10.2. The van der Waals surface area contributed by atoms with Gasteiger partial charge in [0, 0.05) is 29.2 Å². The molecule has 0 aliphatic rings. The molecule has 4 nitrogen and oxygen atoms in total. The van der Waals surface area contributed by atoms with Crippen LogP contribution in [0, 0.1) is 0 Å². The lowest BCUT2D eigenvalue weighted by Gasteiger charge is -2.08. The third kappa shape index (κ3) is 3.66. The Morgan fingerprint density at radius 2 is 2.12 bits per heavy atom. The predicted molar refractivity (Wildman–Crippen MR) is 63.9 cm³/mol. The van der Waals surface area contributed by atoms with Gasteiger partial charge in [-0.25, -0.2) is 4.79 Å². The Morgan fingerprint density at radius 1 is 1.44 bits per heavy atom. The summed E-state index contributed by atoms with van der Waals surface area (Å²) in [5, 5.41) is 2.37. The fourth-order valence-corrected chi connectivity index (χ4v) is 1.94. The highest BCUT2D eigenvalue weighted by molar-refractivity contribution is 7.84. The summed E-state index contributed by atoms with van der Waals surface area (Å²) in [7, 11) is 0.578. The summed E-state index contributed by atoms with van der Waals surface area (Å²) in [5.41, 5.74) is 0.784. The van der Waals surface area contributed by atoms with Crippen LogP contribution < -0.4 is 10.1 Å². The first-order valence-electron chi connectivity index (χ1n) is 4.99. The molecule has 0 radical (unpaired) electrons. The van der Waals surface area contributed by atoms with Crippen molar-refractivity contribution in [1.82, 2.24) is 5.32 Å². The minimum Gasteiger partial charge on any atom is -0.410 e. The molecule has 0 saturated heterocycles. The first-order chi connectivity index (χ1) is 7.67. The van der Waals surface area contributed by atoms with Gasteiger partial charge >= 0.3 is 6.09 Å². The van der Waals surface area contributed by atoms with Crippen molar-refractivity contribution in [2.24, 2.45) is 0 Å². The minimum absolute atomic E-state index is 0.406. The maximum absolute atomic E-state index is 11.4. The van der Waals surface area contributed by atoms with Crippen LogP contribution in [0.15, 0.2) is 24.3 Å². The molecule has 0 bridgehead atoms. The molecule has 1 aromatic carbocycles. The summed E-state index contributed by atoms with van der Waals surface area (Å²) in [5.74, 6) is 1.46. The fourth-order valence-electron chi connectivity index (χ4n) is 1.15. The molecule has 0 heterocycles. The second-order valence-corrected chi connectivity index (χ2v) is 4.87. The third-order valence-electron chi connectivity index (χ3n) is 2.02. The van der Waals surface area contributed by atoms with E-state index < -0.39 is 16.9 Å². The van der Waals surface area contributed by atoms with Crippen LogP contribution in [0.25, 0.3) is 0 Å². The molecule has 1 atom stereocenters. The largest absolute Gasteiger partial charge is 0.412 e. The van der Waals surface area contributed by atoms with E-state index in [0.717, 1.165) is 5.56 Å². The Balaban J connectivity index is 2.83. The van der Waals surface area contributed by atoms with E-state index in [-0.39, 0.29) is 0 Å². The Bertz CT molecular complexity index is 356. The van der Waals surface area contributed by atoms with Gasteiger partial charge in [0.05, 0.1) is 5.75 Å². The molecule has 1 aromatic rings. The van der Waals surface area contributed by atoms with Gasteiger partial charge in [0.25, 0.3) is 0 Å². The van der Waals surface area contributed by atoms with E-state index in [1.807, 2.05) is 19.1 Å². The summed E-state index contributed by atoms with van der Waals surface area (Å²) >= 11 is 0. The molecule has 0 aromatic heterocycles. The van der Waals surface area contributed by atoms with Gasteiger partial charge in [-0.15, -0.1) is 0 Å². The topological polar surface area (TPSA) is 55.4 Å². The number of ether oxygens (including phenoxy) is 1. The number of amides is 1. The predicted octanol–water partition coefficient (Wildman–Crippen LogP) is 1.67. The molecule has 1 N–H and O–H groups in total. The zero-order valence-corrected chi connectivity index (χ0v) is 10.2. The van der Waals surface area contributed by atoms with Gasteiger partial charge < -0.3 is 10.1 Å². The van der Waals surface area contributed by atoms with Crippen molar-refractivity contribution in [3.05, 3.63) is 29.8 Å². The van der Waals surface area contributed by atoms with Crippen LogP contribution in [0.3, 0.4) is 0 Å². The number of carbonyl (C=O) groups excluding carboxylic acids is 1. The van der Waals surface area contributed by atoms with E-state index in [9.17, 15) is 9.00 Å². The molecule has 1 rings (SSSR count). The van der Waals surface area contributed by atoms with E-state index in [1.54, 1.807) is 12.1 Å². The second kappa shape index (κ2) is 6.27. The molecule has 88 valence electrons. The van der Waals surface area contributed by atoms with Gasteiger partial charge in [-0.1, -0.05) is 25.1 Å². The number of hydrogen-bond donors (Lipinski definition) is 1. The summed E-state index contributed by atoms with van der Waals surface area (Å²) in [6.07, 6.45) is -0.519. The molecule has 0 fully saturated rings. The van der Waals surface area contributed by atoms with Crippen molar-refractivity contribution in [3.8, 4) is 5.75 Å². The quantitative estimate of drug-likeness (QED) is 0.872. The van der Waals surface area contributed by atoms with E-state index in [1.165, 1.54) is 7.05 Å². The monoisotopic (exact) mass is 241 g/mol. The highest BCUT2D eigenvalue weighted by Gasteiger charge is 2.09. The van der Waals surface area contributed by atoms with Crippen molar-refractivity contribution in [2.45, 2.75) is 12.7 Å². The van der Waals surface area contributed by atoms with Crippen LogP contribution >= 0.6 is 0 Å². The fraction of sp³-hybridized carbons (Fsp3) is 0.364. The molecule has 0 aliphatic heterocycles. The van der Waals surface area contributed by atoms with Gasteiger partial charge in [0.15, 0.2) is 0 Å². The van der Waals surface area contributed by atoms with Crippen LogP contribution in [-0.2, 0) is 16.6 Å². The molecule has 16 heavy (non-hydrogen) atoms. The van der Waals surface area contributed by atoms with Gasteiger partial charge in [-0.05, 0) is 6.07 Å². The van der Waals surface area contributed by atoms with E-state index in [4.69, 9.17) is 4.74 Å². The Morgan fingerprint density at radius 3 is 2.75 bits per heavy atom. The maximum Gasteiger partial charge on any atom is 0.412 e. The Labute approximate surface area is 97.5 Å². The standard InChI is InChI=1S/C11H15NO3S/c1-3-16(14)8-9-6-4-5-7-10(9)15-11(13)12-2/h4-7H,3,8H2,1-2H3,(H,12,13)/t16-/m1/s1. The lowest BCUT2D eigenvalue weighted by molar-refractivity contribution is 0.202. The van der Waals surface area contributed by atoms with Crippen molar-refractivity contribution in [1.29, 1.82) is 0 Å². The van der Waals surface area contributed by atoms with Crippen LogP contribution in [0.2, 0.25) is 0 Å². The third-order valence-corrected chi connectivity index (χ3v) is 3.29. The van der Waals surface area contributed by atoms with Gasteiger partial charge in [-0.3, -0.25) is 4.21 Å². The van der Waals surface area contributed by atoms with Gasteiger partial charge in [-0.2, -0.15) is 0 Å². The summed E-state index contributed by atoms with van der Waals surface area (Å²) in [6, 6.07) is 7.11. The first kappa shape index (κ1) is 12.7. The van der Waals surface area contributed by atoms with Crippen LogP contribution in [0.4, 0.5) is 4.79 Å². The number of carbonyl (C=O) groups is 1. The summed E-state index contributed by atoms with van der Waals surface area (Å²) in [6.45, 7) is 1.86. The van der Waals surface area contributed by atoms with Crippen molar-refractivity contribution >= 4 is 16.9 Å². The Hall–Kier alpha value is -1.36. The number of para-hydroxylation sites is 1. The molecule has 5 heteroatoms. The van der Waals surface area contributed by atoms with Crippen LogP contribution in [-0.4, -0.2) is 23.1 Å². The second-order valence-electron chi connectivity index (χ2n) is 3.12. The number of nitrogens with one attached hydrogen (secondary N) is 1. The number of rotatable bonds is 4. The van der Waals surface area contributed by atoms with Crippen LogP contribution in [0.1, 0.15) is 12.5 Å². The van der Waals surface area contributed by atoms with E-state index in [0.29, 0.717) is 17.3 Å². The highest BCUT2D eigenvalue weighted by Crippen LogP contribution is 2.19. The van der Waals surface area contributed by atoms with Gasteiger partial charge in [0.2, 0.25) is 0 Å². The molecule has 0 aliphatic carbocycles. The average Bonchev–Trinajstić information content (AvgIpc) is 2.31. The SMILES string of the molecule is CC[S@@](=O)Cc1ccccc1OC(=O)NC. The number of hydrogen-bond acceptors (Lipinski definition) is 3. The van der Waals surface area contributed by atoms with Gasteiger partial charge in [0.1, 0.15) is 5.75 Å². The summed E-state index contributed by atoms with van der Waals surface area (Å²) in [4.78, 5) is 11.1. The van der Waals surface area contributed by atoms with Crippen LogP contribution in [0.5, 0.6) is 5.75 Å². The van der Waals surface area contributed by atoms with E-state index >= 15 is 0 Å². The maximum atomic E-state index is 11.4. The highest BCUT2D eigenvalue weighted by atomic mass is 32.2. The Kier molecular flexibility index (Phi) is 4.98. The molecular formula is C11H15NO3S. The molecule has 0 saturated carbocycles. The smallest absolute Gasteiger partial charge is 0.410 e.